The number of nitrogens with two attached hydrogens (primary N) is 1. The first-order valence-electron chi connectivity index (χ1n) is 4.38. The first-order valence-corrected chi connectivity index (χ1v) is 4.38. The molecule has 4 N–H and O–H groups in total. The quantitative estimate of drug-likeness (QED) is 0.240. The highest BCUT2D eigenvalue weighted by molar-refractivity contribution is 5.85. The molecule has 0 aromatic carbocycles. The zero-order valence-electron chi connectivity index (χ0n) is 8.45. The van der Waals surface area contributed by atoms with Crippen molar-refractivity contribution in [1.82, 2.24) is 5.32 Å². The van der Waals surface area contributed by atoms with Crippen LogP contribution in [-0.2, 0) is 4.74 Å². The van der Waals surface area contributed by atoms with Crippen molar-refractivity contribution in [2.45, 2.75) is 32.4 Å². The molecule has 5 nitrogen and oxygen atoms in total. The maximum absolute atomic E-state index is 8.47. The molecule has 0 rings (SSSR count). The molecular formula is C8H19N3O2. The van der Waals surface area contributed by atoms with Crippen LogP contribution in [0.25, 0.3) is 0 Å². The number of nitrogens with one attached hydrogen (secondary N) is 1. The van der Waals surface area contributed by atoms with E-state index in [2.05, 4.69) is 10.5 Å². The molecule has 0 aliphatic heterocycles. The number of hydrogen-bond acceptors (Lipinski definition) is 4. The molecule has 0 saturated carbocycles. The Morgan fingerprint density at radius 2 is 2.31 bits per heavy atom. The van der Waals surface area contributed by atoms with Crippen LogP contribution < -0.4 is 11.1 Å². The molecule has 0 aromatic rings. The molecule has 0 aromatic heterocycles. The SMILES string of the molecule is CCC(NC(C)COC)C(N)=NO. The van der Waals surface area contributed by atoms with Crippen LogP contribution in [0, 0.1) is 0 Å². The highest BCUT2D eigenvalue weighted by Gasteiger charge is 2.13. The second-order valence-corrected chi connectivity index (χ2v) is 3.01. The summed E-state index contributed by atoms with van der Waals surface area (Å²) in [5.74, 6) is 0.213. The van der Waals surface area contributed by atoms with E-state index in [1.165, 1.54) is 0 Å². The Morgan fingerprint density at radius 3 is 2.69 bits per heavy atom. The molecule has 0 fully saturated rings. The van der Waals surface area contributed by atoms with Gasteiger partial charge in [-0.2, -0.15) is 0 Å². The zero-order valence-corrected chi connectivity index (χ0v) is 8.45. The normalized spacial score (nSPS) is 17.0. The standard InChI is InChI=1S/C8H19N3O2/c1-4-7(8(9)11-12)10-6(2)5-13-3/h6-7,10,12H,4-5H2,1-3H3,(H2,9,11). The third-order valence-electron chi connectivity index (χ3n) is 1.78. The van der Waals surface area contributed by atoms with Crippen LogP contribution in [0.1, 0.15) is 20.3 Å². The smallest absolute Gasteiger partial charge is 0.156 e. The van der Waals surface area contributed by atoms with Crippen LogP contribution in [-0.4, -0.2) is 36.8 Å². The van der Waals surface area contributed by atoms with Crippen molar-refractivity contribution >= 4 is 5.84 Å². The number of nitrogens with zero attached hydrogens (tertiary/aromatic N) is 1. The Hall–Kier alpha value is -0.810. The Bertz CT molecular complexity index is 161. The van der Waals surface area contributed by atoms with E-state index in [4.69, 9.17) is 15.7 Å². The predicted octanol–water partition coefficient (Wildman–Crippen LogP) is 0.136. The zero-order chi connectivity index (χ0) is 10.3. The Balaban J connectivity index is 3.97. The van der Waals surface area contributed by atoms with Crippen molar-refractivity contribution < 1.29 is 9.94 Å². The molecule has 0 amide bonds. The molecule has 0 heterocycles. The van der Waals surface area contributed by atoms with Crippen LogP contribution >= 0.6 is 0 Å². The van der Waals surface area contributed by atoms with Gasteiger partial charge in [0.05, 0.1) is 12.6 Å². The van der Waals surface area contributed by atoms with Gasteiger partial charge < -0.3 is 21.0 Å². The van der Waals surface area contributed by atoms with Gasteiger partial charge in [-0.25, -0.2) is 0 Å². The fourth-order valence-corrected chi connectivity index (χ4v) is 1.12. The van der Waals surface area contributed by atoms with E-state index in [1.807, 2.05) is 13.8 Å². The van der Waals surface area contributed by atoms with Gasteiger partial charge in [-0.15, -0.1) is 0 Å². The summed E-state index contributed by atoms with van der Waals surface area (Å²) in [6.45, 7) is 4.56. The fourth-order valence-electron chi connectivity index (χ4n) is 1.12. The average Bonchev–Trinajstić information content (AvgIpc) is 2.13. The lowest BCUT2D eigenvalue weighted by atomic mass is 10.2. The van der Waals surface area contributed by atoms with E-state index in [0.717, 1.165) is 6.42 Å². The van der Waals surface area contributed by atoms with Crippen molar-refractivity contribution in [1.29, 1.82) is 0 Å². The van der Waals surface area contributed by atoms with Crippen LogP contribution in [0.4, 0.5) is 0 Å². The van der Waals surface area contributed by atoms with Gasteiger partial charge in [-0.1, -0.05) is 12.1 Å². The number of ether oxygens (including phenoxy) is 1. The van der Waals surface area contributed by atoms with Crippen LogP contribution in [0.2, 0.25) is 0 Å². The van der Waals surface area contributed by atoms with Crippen molar-refractivity contribution in [2.24, 2.45) is 10.9 Å². The lowest BCUT2D eigenvalue weighted by Crippen LogP contribution is -2.46. The minimum Gasteiger partial charge on any atom is -0.409 e. The van der Waals surface area contributed by atoms with Gasteiger partial charge in [0.15, 0.2) is 5.84 Å². The van der Waals surface area contributed by atoms with Gasteiger partial charge in [0.1, 0.15) is 0 Å². The fraction of sp³-hybridized carbons (Fsp3) is 0.875. The Morgan fingerprint density at radius 1 is 1.69 bits per heavy atom. The van der Waals surface area contributed by atoms with Crippen molar-refractivity contribution in [3.05, 3.63) is 0 Å². The molecule has 0 saturated heterocycles. The summed E-state index contributed by atoms with van der Waals surface area (Å²) in [6, 6.07) is 0.102. The van der Waals surface area contributed by atoms with E-state index >= 15 is 0 Å². The molecule has 5 heteroatoms. The summed E-state index contributed by atoms with van der Waals surface area (Å²) < 4.78 is 4.96. The van der Waals surface area contributed by atoms with E-state index < -0.39 is 0 Å². The lowest BCUT2D eigenvalue weighted by molar-refractivity contribution is 0.169. The minimum absolute atomic E-state index is 0.0878. The third-order valence-corrected chi connectivity index (χ3v) is 1.78. The summed E-state index contributed by atoms with van der Waals surface area (Å²) in [5, 5.41) is 14.6. The van der Waals surface area contributed by atoms with Crippen molar-refractivity contribution in [2.75, 3.05) is 13.7 Å². The van der Waals surface area contributed by atoms with E-state index in [1.54, 1.807) is 7.11 Å². The maximum atomic E-state index is 8.47. The van der Waals surface area contributed by atoms with Crippen molar-refractivity contribution in [3.8, 4) is 0 Å². The molecule has 0 aliphatic carbocycles. The van der Waals surface area contributed by atoms with Gasteiger partial charge in [0.2, 0.25) is 0 Å². The van der Waals surface area contributed by atoms with Gasteiger partial charge in [0, 0.05) is 13.2 Å². The summed E-state index contributed by atoms with van der Waals surface area (Å²) in [7, 11) is 1.64. The predicted molar refractivity (Wildman–Crippen MR) is 52.0 cm³/mol. The molecule has 0 spiro atoms. The van der Waals surface area contributed by atoms with Crippen LogP contribution in [0.15, 0.2) is 5.16 Å². The van der Waals surface area contributed by atoms with Crippen LogP contribution in [0.3, 0.4) is 0 Å². The molecule has 2 unspecified atom stereocenters. The Kier molecular flexibility index (Phi) is 6.26. The molecule has 78 valence electrons. The van der Waals surface area contributed by atoms with Gasteiger partial charge in [-0.3, -0.25) is 0 Å². The molecular weight excluding hydrogens is 170 g/mol. The second kappa shape index (κ2) is 6.68. The highest BCUT2D eigenvalue weighted by atomic mass is 16.5. The van der Waals surface area contributed by atoms with E-state index in [-0.39, 0.29) is 17.9 Å². The largest absolute Gasteiger partial charge is 0.409 e. The van der Waals surface area contributed by atoms with E-state index in [9.17, 15) is 0 Å². The number of rotatable bonds is 6. The molecule has 0 bridgehead atoms. The number of hydrogen-bond donors (Lipinski definition) is 3. The summed E-state index contributed by atoms with van der Waals surface area (Å²) in [4.78, 5) is 0. The monoisotopic (exact) mass is 189 g/mol. The number of oxime groups is 1. The summed E-state index contributed by atoms with van der Waals surface area (Å²) in [5.41, 5.74) is 5.47. The Labute approximate surface area is 78.9 Å². The first-order chi connectivity index (χ1) is 6.15. The highest BCUT2D eigenvalue weighted by Crippen LogP contribution is 1.94. The van der Waals surface area contributed by atoms with Gasteiger partial charge in [0.25, 0.3) is 0 Å². The van der Waals surface area contributed by atoms with Gasteiger partial charge in [-0.05, 0) is 13.3 Å². The number of amidine groups is 1. The van der Waals surface area contributed by atoms with Gasteiger partial charge >= 0.3 is 0 Å². The molecule has 0 radical (unpaired) electrons. The molecule has 0 aliphatic rings. The topological polar surface area (TPSA) is 79.9 Å². The van der Waals surface area contributed by atoms with E-state index in [0.29, 0.717) is 6.61 Å². The van der Waals surface area contributed by atoms with Crippen molar-refractivity contribution in [3.63, 3.8) is 0 Å². The first kappa shape index (κ1) is 12.2. The summed E-state index contributed by atoms with van der Waals surface area (Å²) in [6.07, 6.45) is 0.782. The lowest BCUT2D eigenvalue weighted by Gasteiger charge is -2.20. The maximum Gasteiger partial charge on any atom is 0.156 e. The molecule has 2 atom stereocenters. The second-order valence-electron chi connectivity index (χ2n) is 3.01. The minimum atomic E-state index is -0.0878. The van der Waals surface area contributed by atoms with Crippen LogP contribution in [0.5, 0.6) is 0 Å². The third kappa shape index (κ3) is 4.69. The summed E-state index contributed by atoms with van der Waals surface area (Å²) >= 11 is 0. The number of methoxy groups -OCH3 is 1. The molecule has 13 heavy (non-hydrogen) atoms. The average molecular weight is 189 g/mol.